The molecule has 2 heterocycles. The van der Waals surface area contributed by atoms with Gasteiger partial charge in [-0.3, -0.25) is 9.78 Å². The molecule has 0 saturated heterocycles. The maximum atomic E-state index is 13.0. The van der Waals surface area contributed by atoms with Crippen molar-refractivity contribution in [3.05, 3.63) is 63.0 Å². The average Bonchev–Trinajstić information content (AvgIpc) is 2.91. The van der Waals surface area contributed by atoms with Crippen molar-refractivity contribution in [1.29, 1.82) is 0 Å². The molecule has 4 heteroatoms. The third kappa shape index (κ3) is 3.13. The maximum absolute atomic E-state index is 13.0. The first-order chi connectivity index (χ1) is 11.0. The van der Waals surface area contributed by atoms with E-state index in [0.717, 1.165) is 27.7 Å². The fraction of sp³-hybridized carbons (Fsp3) is 0.263. The van der Waals surface area contributed by atoms with Crippen molar-refractivity contribution in [3.8, 4) is 0 Å². The molecule has 0 aliphatic heterocycles. The van der Waals surface area contributed by atoms with E-state index in [9.17, 15) is 4.79 Å². The zero-order valence-electron chi connectivity index (χ0n) is 13.9. The van der Waals surface area contributed by atoms with E-state index in [1.54, 1.807) is 16.2 Å². The minimum atomic E-state index is 0.0406. The summed E-state index contributed by atoms with van der Waals surface area (Å²) in [7, 11) is 1.86. The lowest BCUT2D eigenvalue weighted by molar-refractivity contribution is 0.0788. The van der Waals surface area contributed by atoms with E-state index in [1.807, 2.05) is 45.2 Å². The molecule has 0 aliphatic carbocycles. The Morgan fingerprint density at radius 1 is 1.17 bits per heavy atom. The SMILES string of the molecule is Cc1ccc2nc(C)cc(C(=O)N(C)Cc3sccc3C)c2c1. The Labute approximate surface area is 140 Å². The summed E-state index contributed by atoms with van der Waals surface area (Å²) < 4.78 is 0. The molecule has 2 aromatic heterocycles. The molecule has 1 amide bonds. The Morgan fingerprint density at radius 2 is 1.96 bits per heavy atom. The number of thiophene rings is 1. The highest BCUT2D eigenvalue weighted by Gasteiger charge is 2.17. The Hall–Kier alpha value is -2.20. The number of aromatic nitrogens is 1. The second kappa shape index (κ2) is 6.13. The van der Waals surface area contributed by atoms with Crippen LogP contribution in [0.5, 0.6) is 0 Å². The molecule has 0 unspecified atom stereocenters. The van der Waals surface area contributed by atoms with Crippen molar-refractivity contribution in [1.82, 2.24) is 9.88 Å². The van der Waals surface area contributed by atoms with Gasteiger partial charge in [0.2, 0.25) is 0 Å². The summed E-state index contributed by atoms with van der Waals surface area (Å²) in [6.07, 6.45) is 0. The lowest BCUT2D eigenvalue weighted by atomic mass is 10.0. The lowest BCUT2D eigenvalue weighted by Crippen LogP contribution is -2.26. The van der Waals surface area contributed by atoms with Crippen molar-refractivity contribution >= 4 is 28.1 Å². The number of aryl methyl sites for hydroxylation is 3. The van der Waals surface area contributed by atoms with Crippen LogP contribution in [0, 0.1) is 20.8 Å². The minimum Gasteiger partial charge on any atom is -0.337 e. The molecule has 0 saturated carbocycles. The molecular weight excluding hydrogens is 304 g/mol. The number of pyridine rings is 1. The van der Waals surface area contributed by atoms with Crippen LogP contribution in [-0.4, -0.2) is 22.8 Å². The van der Waals surface area contributed by atoms with E-state index in [4.69, 9.17) is 0 Å². The first kappa shape index (κ1) is 15.7. The Balaban J connectivity index is 2.00. The second-order valence-electron chi connectivity index (χ2n) is 6.02. The van der Waals surface area contributed by atoms with Gasteiger partial charge in [-0.05, 0) is 56.0 Å². The lowest BCUT2D eigenvalue weighted by Gasteiger charge is -2.18. The van der Waals surface area contributed by atoms with Crippen LogP contribution >= 0.6 is 11.3 Å². The van der Waals surface area contributed by atoms with Gasteiger partial charge in [0.05, 0.1) is 17.6 Å². The van der Waals surface area contributed by atoms with Crippen LogP contribution in [0.4, 0.5) is 0 Å². The normalized spacial score (nSPS) is 11.0. The summed E-state index contributed by atoms with van der Waals surface area (Å²) in [6.45, 7) is 6.68. The fourth-order valence-corrected chi connectivity index (χ4v) is 3.67. The fourth-order valence-electron chi connectivity index (χ4n) is 2.71. The van der Waals surface area contributed by atoms with Gasteiger partial charge in [0.25, 0.3) is 5.91 Å². The van der Waals surface area contributed by atoms with Crippen LogP contribution in [0.3, 0.4) is 0 Å². The Kier molecular flexibility index (Phi) is 4.18. The van der Waals surface area contributed by atoms with Gasteiger partial charge < -0.3 is 4.90 Å². The maximum Gasteiger partial charge on any atom is 0.254 e. The molecule has 0 N–H and O–H groups in total. The highest BCUT2D eigenvalue weighted by atomic mass is 32.1. The van der Waals surface area contributed by atoms with Gasteiger partial charge in [-0.15, -0.1) is 11.3 Å². The minimum absolute atomic E-state index is 0.0406. The summed E-state index contributed by atoms with van der Waals surface area (Å²) in [5.41, 5.74) is 4.84. The van der Waals surface area contributed by atoms with Crippen molar-refractivity contribution < 1.29 is 4.79 Å². The number of fused-ring (bicyclic) bond motifs is 1. The van der Waals surface area contributed by atoms with Crippen LogP contribution in [-0.2, 0) is 6.54 Å². The van der Waals surface area contributed by atoms with E-state index in [2.05, 4.69) is 23.4 Å². The van der Waals surface area contributed by atoms with E-state index in [1.165, 1.54) is 10.4 Å². The molecule has 3 aromatic rings. The number of rotatable bonds is 3. The molecule has 0 atom stereocenters. The van der Waals surface area contributed by atoms with Crippen LogP contribution in [0.15, 0.2) is 35.7 Å². The van der Waals surface area contributed by atoms with Crippen LogP contribution < -0.4 is 0 Å². The number of hydrogen-bond acceptors (Lipinski definition) is 3. The van der Waals surface area contributed by atoms with Crippen LogP contribution in [0.25, 0.3) is 10.9 Å². The molecule has 118 valence electrons. The van der Waals surface area contributed by atoms with E-state index in [0.29, 0.717) is 6.54 Å². The van der Waals surface area contributed by atoms with Crippen molar-refractivity contribution in [2.45, 2.75) is 27.3 Å². The van der Waals surface area contributed by atoms with Crippen molar-refractivity contribution in [2.24, 2.45) is 0 Å². The van der Waals surface area contributed by atoms with Gasteiger partial charge >= 0.3 is 0 Å². The molecule has 0 bridgehead atoms. The quantitative estimate of drug-likeness (QED) is 0.711. The van der Waals surface area contributed by atoms with Gasteiger partial charge in [-0.2, -0.15) is 0 Å². The van der Waals surface area contributed by atoms with Gasteiger partial charge in [-0.1, -0.05) is 11.6 Å². The molecule has 1 aromatic carbocycles. The van der Waals surface area contributed by atoms with Gasteiger partial charge in [0.15, 0.2) is 0 Å². The third-order valence-electron chi connectivity index (χ3n) is 4.02. The Morgan fingerprint density at radius 3 is 2.65 bits per heavy atom. The standard InChI is InChI=1S/C19H20N2OS/c1-12-5-6-17-15(9-12)16(10-14(3)20-17)19(22)21(4)11-18-13(2)7-8-23-18/h5-10H,11H2,1-4H3. The average molecular weight is 324 g/mol. The predicted octanol–water partition coefficient (Wildman–Crippen LogP) is 4.49. The topological polar surface area (TPSA) is 33.2 Å². The van der Waals surface area contributed by atoms with E-state index in [-0.39, 0.29) is 5.91 Å². The molecule has 0 spiro atoms. The number of nitrogens with zero attached hydrogens (tertiary/aromatic N) is 2. The molecule has 0 aliphatic rings. The highest BCUT2D eigenvalue weighted by Crippen LogP contribution is 2.23. The van der Waals surface area contributed by atoms with Crippen molar-refractivity contribution in [3.63, 3.8) is 0 Å². The van der Waals surface area contributed by atoms with E-state index >= 15 is 0 Å². The molecule has 0 radical (unpaired) electrons. The molecule has 3 rings (SSSR count). The largest absolute Gasteiger partial charge is 0.337 e. The van der Waals surface area contributed by atoms with Crippen LogP contribution in [0.1, 0.15) is 32.1 Å². The van der Waals surface area contributed by atoms with Gasteiger partial charge in [0, 0.05) is 23.0 Å². The first-order valence-electron chi connectivity index (χ1n) is 7.62. The highest BCUT2D eigenvalue weighted by molar-refractivity contribution is 7.10. The zero-order valence-corrected chi connectivity index (χ0v) is 14.7. The molecule has 0 fully saturated rings. The molecule has 3 nitrogen and oxygen atoms in total. The van der Waals surface area contributed by atoms with Crippen molar-refractivity contribution in [2.75, 3.05) is 7.05 Å². The molecule has 23 heavy (non-hydrogen) atoms. The predicted molar refractivity (Wildman–Crippen MR) is 96.1 cm³/mol. The molecular formula is C19H20N2OS. The summed E-state index contributed by atoms with van der Waals surface area (Å²) in [4.78, 5) is 20.5. The van der Waals surface area contributed by atoms with Gasteiger partial charge in [-0.25, -0.2) is 0 Å². The number of carbonyl (C=O) groups is 1. The number of benzene rings is 1. The summed E-state index contributed by atoms with van der Waals surface area (Å²) in [5, 5.41) is 2.99. The number of carbonyl (C=O) groups excluding carboxylic acids is 1. The third-order valence-corrected chi connectivity index (χ3v) is 5.03. The smallest absolute Gasteiger partial charge is 0.254 e. The second-order valence-corrected chi connectivity index (χ2v) is 7.02. The van der Waals surface area contributed by atoms with Gasteiger partial charge in [0.1, 0.15) is 0 Å². The summed E-state index contributed by atoms with van der Waals surface area (Å²) in [5.74, 6) is 0.0406. The summed E-state index contributed by atoms with van der Waals surface area (Å²) in [6, 6.07) is 10.0. The summed E-state index contributed by atoms with van der Waals surface area (Å²) >= 11 is 1.69. The number of amides is 1. The van der Waals surface area contributed by atoms with Crippen LogP contribution in [0.2, 0.25) is 0 Å². The monoisotopic (exact) mass is 324 g/mol. The Bertz CT molecular complexity index is 882. The van der Waals surface area contributed by atoms with E-state index < -0.39 is 0 Å². The zero-order chi connectivity index (χ0) is 16.6. The number of hydrogen-bond donors (Lipinski definition) is 0. The first-order valence-corrected chi connectivity index (χ1v) is 8.50.